The number of hydrogen-bond donors (Lipinski definition) is 2. The number of benzene rings is 2. The van der Waals surface area contributed by atoms with Crippen molar-refractivity contribution >= 4 is 17.5 Å². The highest BCUT2D eigenvalue weighted by Crippen LogP contribution is 2.31. The first-order chi connectivity index (χ1) is 19.3. The van der Waals surface area contributed by atoms with Crippen LogP contribution in [-0.2, 0) is 22.6 Å². The molecule has 8 nitrogen and oxygen atoms in total. The van der Waals surface area contributed by atoms with Gasteiger partial charge in [0.1, 0.15) is 17.6 Å². The van der Waals surface area contributed by atoms with Crippen molar-refractivity contribution in [3.8, 4) is 11.5 Å². The van der Waals surface area contributed by atoms with Gasteiger partial charge in [0.2, 0.25) is 11.8 Å². The van der Waals surface area contributed by atoms with Crippen molar-refractivity contribution in [2.45, 2.75) is 71.1 Å². The Bertz CT molecular complexity index is 1130. The Balaban J connectivity index is 1.55. The highest BCUT2D eigenvalue weighted by atomic mass is 16.5. The summed E-state index contributed by atoms with van der Waals surface area (Å²) in [6.07, 6.45) is 5.19. The van der Waals surface area contributed by atoms with Crippen LogP contribution in [0.2, 0.25) is 0 Å². The summed E-state index contributed by atoms with van der Waals surface area (Å²) < 4.78 is 11.9. The Kier molecular flexibility index (Phi) is 10.5. The van der Waals surface area contributed by atoms with E-state index in [4.69, 9.17) is 9.47 Å². The third kappa shape index (κ3) is 7.76. The van der Waals surface area contributed by atoms with Crippen molar-refractivity contribution in [1.29, 1.82) is 0 Å². The van der Waals surface area contributed by atoms with Gasteiger partial charge < -0.3 is 24.8 Å². The Morgan fingerprint density at radius 2 is 1.90 bits per heavy atom. The second kappa shape index (κ2) is 14.0. The van der Waals surface area contributed by atoms with Gasteiger partial charge in [-0.1, -0.05) is 38.3 Å². The normalized spacial score (nSPS) is 21.1. The second-order valence-electron chi connectivity index (χ2n) is 11.6. The fourth-order valence-electron chi connectivity index (χ4n) is 5.75. The first-order valence-electron chi connectivity index (χ1n) is 14.6. The van der Waals surface area contributed by atoms with Gasteiger partial charge in [0.25, 0.3) is 0 Å². The van der Waals surface area contributed by atoms with Crippen LogP contribution in [0, 0.1) is 11.8 Å². The SMILES string of the molecule is COc1ccc(CN(C)C[C@@H]2Oc3ccc(NC(=O)C4CCCCC4)cc3CC(=O)N([C@@H](C)CO)C[C@H]2C)cc1. The molecule has 3 atom stereocenters. The van der Waals surface area contributed by atoms with Gasteiger partial charge in [-0.05, 0) is 62.7 Å². The molecule has 0 saturated heterocycles. The van der Waals surface area contributed by atoms with Gasteiger partial charge in [0, 0.05) is 42.7 Å². The van der Waals surface area contributed by atoms with Crippen LogP contribution in [0.25, 0.3) is 0 Å². The molecule has 0 spiro atoms. The summed E-state index contributed by atoms with van der Waals surface area (Å²) in [6, 6.07) is 13.4. The predicted octanol–water partition coefficient (Wildman–Crippen LogP) is 4.50. The number of methoxy groups -OCH3 is 1. The summed E-state index contributed by atoms with van der Waals surface area (Å²) in [5.74, 6) is 1.56. The van der Waals surface area contributed by atoms with Crippen LogP contribution >= 0.6 is 0 Å². The van der Waals surface area contributed by atoms with Crippen molar-refractivity contribution in [2.24, 2.45) is 11.8 Å². The molecule has 0 aromatic heterocycles. The number of amides is 2. The van der Waals surface area contributed by atoms with E-state index in [1.807, 2.05) is 37.3 Å². The maximum Gasteiger partial charge on any atom is 0.227 e. The van der Waals surface area contributed by atoms with Gasteiger partial charge in [-0.25, -0.2) is 0 Å². The van der Waals surface area contributed by atoms with E-state index in [0.29, 0.717) is 24.5 Å². The molecule has 4 rings (SSSR count). The Labute approximate surface area is 238 Å². The number of fused-ring (bicyclic) bond motifs is 1. The van der Waals surface area contributed by atoms with Crippen LogP contribution in [0.5, 0.6) is 11.5 Å². The zero-order chi connectivity index (χ0) is 28.6. The summed E-state index contributed by atoms with van der Waals surface area (Å²) in [7, 11) is 3.73. The number of carbonyl (C=O) groups excluding carboxylic acids is 2. The van der Waals surface area contributed by atoms with E-state index in [0.717, 1.165) is 43.5 Å². The number of aliphatic hydroxyl groups is 1. The highest BCUT2D eigenvalue weighted by molar-refractivity contribution is 5.93. The molecule has 1 aliphatic heterocycles. The monoisotopic (exact) mass is 551 g/mol. The average molecular weight is 552 g/mol. The Morgan fingerprint density at radius 3 is 2.58 bits per heavy atom. The van der Waals surface area contributed by atoms with Gasteiger partial charge in [-0.2, -0.15) is 0 Å². The van der Waals surface area contributed by atoms with Crippen molar-refractivity contribution in [1.82, 2.24) is 9.80 Å². The van der Waals surface area contributed by atoms with Gasteiger partial charge in [0.15, 0.2) is 0 Å². The number of nitrogens with one attached hydrogen (secondary N) is 1. The third-order valence-corrected chi connectivity index (χ3v) is 8.26. The molecule has 0 radical (unpaired) electrons. The van der Waals surface area contributed by atoms with Gasteiger partial charge in [0.05, 0.1) is 26.2 Å². The van der Waals surface area contributed by atoms with Gasteiger partial charge in [-0.15, -0.1) is 0 Å². The van der Waals surface area contributed by atoms with Crippen molar-refractivity contribution in [3.63, 3.8) is 0 Å². The van der Waals surface area contributed by atoms with Crippen molar-refractivity contribution in [3.05, 3.63) is 53.6 Å². The van der Waals surface area contributed by atoms with Crippen LogP contribution in [0.4, 0.5) is 5.69 Å². The second-order valence-corrected chi connectivity index (χ2v) is 11.6. The lowest BCUT2D eigenvalue weighted by Gasteiger charge is -2.34. The molecule has 2 N–H and O–H groups in total. The molecule has 1 heterocycles. The molecular formula is C32H45N3O5. The Hall–Kier alpha value is -3.10. The summed E-state index contributed by atoms with van der Waals surface area (Å²) in [4.78, 5) is 30.4. The molecule has 2 aromatic rings. The van der Waals surface area contributed by atoms with E-state index in [2.05, 4.69) is 36.3 Å². The number of likely N-dealkylation sites (N-methyl/N-ethyl adjacent to an activating group) is 1. The topological polar surface area (TPSA) is 91.3 Å². The van der Waals surface area contributed by atoms with Crippen molar-refractivity contribution < 1.29 is 24.2 Å². The highest BCUT2D eigenvalue weighted by Gasteiger charge is 2.31. The van der Waals surface area contributed by atoms with E-state index in [1.54, 1.807) is 12.0 Å². The largest absolute Gasteiger partial charge is 0.497 e. The molecular weight excluding hydrogens is 506 g/mol. The fourth-order valence-corrected chi connectivity index (χ4v) is 5.75. The number of ether oxygens (including phenoxy) is 2. The zero-order valence-corrected chi connectivity index (χ0v) is 24.4. The van der Waals surface area contributed by atoms with E-state index in [-0.39, 0.29) is 48.8 Å². The molecule has 1 aliphatic carbocycles. The number of nitrogens with zero attached hydrogens (tertiary/aromatic N) is 2. The molecule has 1 fully saturated rings. The maximum atomic E-state index is 13.5. The lowest BCUT2D eigenvalue weighted by molar-refractivity contribution is -0.134. The number of anilines is 1. The minimum Gasteiger partial charge on any atom is -0.497 e. The van der Waals surface area contributed by atoms with E-state index in [1.165, 1.54) is 12.0 Å². The summed E-state index contributed by atoms with van der Waals surface area (Å²) in [5, 5.41) is 13.0. The molecule has 218 valence electrons. The lowest BCUT2D eigenvalue weighted by atomic mass is 9.88. The molecule has 2 aromatic carbocycles. The van der Waals surface area contributed by atoms with Gasteiger partial charge in [-0.3, -0.25) is 14.5 Å². The maximum absolute atomic E-state index is 13.5. The molecule has 40 heavy (non-hydrogen) atoms. The molecule has 2 amide bonds. The smallest absolute Gasteiger partial charge is 0.227 e. The van der Waals surface area contributed by atoms with Crippen LogP contribution < -0.4 is 14.8 Å². The van der Waals surface area contributed by atoms with Crippen LogP contribution in [0.1, 0.15) is 57.1 Å². The van der Waals surface area contributed by atoms with Crippen molar-refractivity contribution in [2.75, 3.05) is 39.2 Å². The van der Waals surface area contributed by atoms with Crippen LogP contribution in [0.15, 0.2) is 42.5 Å². The predicted molar refractivity (Wildman–Crippen MR) is 157 cm³/mol. The minimum absolute atomic E-state index is 0.0212. The summed E-state index contributed by atoms with van der Waals surface area (Å²) in [6.45, 7) is 5.75. The first-order valence-corrected chi connectivity index (χ1v) is 14.6. The molecule has 8 heteroatoms. The molecule has 2 aliphatic rings. The van der Waals surface area contributed by atoms with E-state index >= 15 is 0 Å². The summed E-state index contributed by atoms with van der Waals surface area (Å²) >= 11 is 0. The molecule has 1 saturated carbocycles. The Morgan fingerprint density at radius 1 is 1.18 bits per heavy atom. The van der Waals surface area contributed by atoms with E-state index < -0.39 is 0 Å². The number of aliphatic hydroxyl groups excluding tert-OH is 1. The number of hydrogen-bond acceptors (Lipinski definition) is 6. The zero-order valence-electron chi connectivity index (χ0n) is 24.4. The lowest BCUT2D eigenvalue weighted by Crippen LogP contribution is -2.47. The first kappa shape index (κ1) is 29.9. The quantitative estimate of drug-likeness (QED) is 0.477. The van der Waals surface area contributed by atoms with Gasteiger partial charge >= 0.3 is 0 Å². The summed E-state index contributed by atoms with van der Waals surface area (Å²) in [5.41, 5.74) is 2.61. The fraction of sp³-hybridized carbons (Fsp3) is 0.562. The van der Waals surface area contributed by atoms with Crippen LogP contribution in [-0.4, -0.2) is 72.7 Å². The van der Waals surface area contributed by atoms with E-state index in [9.17, 15) is 14.7 Å². The third-order valence-electron chi connectivity index (χ3n) is 8.26. The average Bonchev–Trinajstić information content (AvgIpc) is 3.01. The standard InChI is InChI=1S/C32H45N3O5/c1-22-18-35(23(2)21-36)31(37)17-26-16-27(33-32(38)25-8-6-5-7-9-25)12-15-29(26)40-30(22)20-34(3)19-24-10-13-28(39-4)14-11-24/h10-16,22-23,25,30,36H,5-9,17-21H2,1-4H3,(H,33,38)/t22-,23+,30+/m1/s1. The number of carbonyl (C=O) groups is 2. The number of rotatable bonds is 9. The molecule has 0 unspecified atom stereocenters. The minimum atomic E-state index is -0.302. The molecule has 0 bridgehead atoms. The van der Waals surface area contributed by atoms with Crippen LogP contribution in [0.3, 0.4) is 0 Å².